The first-order valence-corrected chi connectivity index (χ1v) is 2.84. The SMILES string of the molecule is CCC(=N)N.O=C(O)C(F)(F)F. The molecule has 72 valence electrons. The number of carbonyl (C=O) groups is 1. The summed E-state index contributed by atoms with van der Waals surface area (Å²) in [7, 11) is 0. The first-order valence-electron chi connectivity index (χ1n) is 2.84. The van der Waals surface area contributed by atoms with E-state index in [9.17, 15) is 13.2 Å². The zero-order valence-electron chi connectivity index (χ0n) is 6.27. The van der Waals surface area contributed by atoms with Crippen LogP contribution >= 0.6 is 0 Å². The van der Waals surface area contributed by atoms with Gasteiger partial charge in [-0.2, -0.15) is 13.2 Å². The van der Waals surface area contributed by atoms with Gasteiger partial charge in [-0.15, -0.1) is 0 Å². The summed E-state index contributed by atoms with van der Waals surface area (Å²) in [5.74, 6) is -2.50. The van der Waals surface area contributed by atoms with Crippen LogP contribution in [0.4, 0.5) is 13.2 Å². The fraction of sp³-hybridized carbons (Fsp3) is 0.600. The Bertz CT molecular complexity index is 167. The highest BCUT2D eigenvalue weighted by Crippen LogP contribution is 2.13. The molecule has 0 aliphatic carbocycles. The average Bonchev–Trinajstić information content (AvgIpc) is 1.87. The van der Waals surface area contributed by atoms with E-state index in [-0.39, 0.29) is 5.84 Å². The van der Waals surface area contributed by atoms with E-state index >= 15 is 0 Å². The first-order chi connectivity index (χ1) is 5.21. The molecule has 0 heterocycles. The molecule has 0 fully saturated rings. The minimum Gasteiger partial charge on any atom is -0.475 e. The van der Waals surface area contributed by atoms with E-state index in [0.717, 1.165) is 0 Å². The lowest BCUT2D eigenvalue weighted by Gasteiger charge is -1.93. The van der Waals surface area contributed by atoms with Gasteiger partial charge in [-0.25, -0.2) is 4.79 Å². The Morgan fingerprint density at radius 3 is 1.75 bits per heavy atom. The van der Waals surface area contributed by atoms with E-state index in [1.165, 1.54) is 0 Å². The normalized spacial score (nSPS) is 9.67. The van der Waals surface area contributed by atoms with Crippen molar-refractivity contribution in [3.63, 3.8) is 0 Å². The van der Waals surface area contributed by atoms with Crippen molar-refractivity contribution in [2.24, 2.45) is 5.73 Å². The summed E-state index contributed by atoms with van der Waals surface area (Å²) in [5.41, 5.74) is 4.88. The number of alkyl halides is 3. The van der Waals surface area contributed by atoms with Crippen LogP contribution in [0.5, 0.6) is 0 Å². The van der Waals surface area contributed by atoms with E-state index in [2.05, 4.69) is 0 Å². The van der Waals surface area contributed by atoms with Gasteiger partial charge in [0.15, 0.2) is 0 Å². The van der Waals surface area contributed by atoms with Crippen molar-refractivity contribution in [3.8, 4) is 0 Å². The fourth-order valence-corrected chi connectivity index (χ4v) is 0. The third-order valence-electron chi connectivity index (χ3n) is 0.623. The predicted octanol–water partition coefficient (Wildman–Crippen LogP) is 0.966. The Morgan fingerprint density at radius 2 is 1.75 bits per heavy atom. The van der Waals surface area contributed by atoms with Crippen LogP contribution in [0.3, 0.4) is 0 Å². The number of aliphatic carboxylic acids is 1. The number of carboxylic acids is 1. The van der Waals surface area contributed by atoms with Gasteiger partial charge in [-0.3, -0.25) is 5.41 Å². The quantitative estimate of drug-likeness (QED) is 0.421. The van der Waals surface area contributed by atoms with Crippen molar-refractivity contribution in [3.05, 3.63) is 0 Å². The standard InChI is InChI=1S/C3H8N2.C2HF3O2/c1-2-3(4)5;3-2(4,5)1(6)7/h2H2,1H3,(H3,4,5);(H,6,7). The fourth-order valence-electron chi connectivity index (χ4n) is 0. The van der Waals surface area contributed by atoms with Crippen molar-refractivity contribution >= 4 is 11.8 Å². The van der Waals surface area contributed by atoms with Crippen LogP contribution < -0.4 is 5.73 Å². The van der Waals surface area contributed by atoms with Crippen LogP contribution in [0, 0.1) is 5.41 Å². The predicted molar refractivity (Wildman–Crippen MR) is 35.9 cm³/mol. The lowest BCUT2D eigenvalue weighted by molar-refractivity contribution is -0.192. The maximum absolute atomic E-state index is 10.6. The number of nitrogens with one attached hydrogen (secondary N) is 1. The molecule has 0 spiro atoms. The van der Waals surface area contributed by atoms with E-state index in [1.807, 2.05) is 6.92 Å². The minimum absolute atomic E-state index is 0.255. The molecule has 0 unspecified atom stereocenters. The van der Waals surface area contributed by atoms with Crippen LogP contribution in [-0.4, -0.2) is 23.1 Å². The lowest BCUT2D eigenvalue weighted by atomic mass is 10.5. The molecule has 0 bridgehead atoms. The van der Waals surface area contributed by atoms with Crippen LogP contribution in [0.1, 0.15) is 13.3 Å². The first kappa shape index (κ1) is 13.3. The Hall–Kier alpha value is -1.27. The van der Waals surface area contributed by atoms with E-state index < -0.39 is 12.1 Å². The summed E-state index contributed by atoms with van der Waals surface area (Å²) in [6.07, 6.45) is -4.42. The van der Waals surface area contributed by atoms with Crippen LogP contribution in [0.2, 0.25) is 0 Å². The van der Waals surface area contributed by atoms with E-state index in [1.54, 1.807) is 0 Å². The maximum atomic E-state index is 10.6. The molecule has 12 heavy (non-hydrogen) atoms. The Morgan fingerprint density at radius 1 is 1.58 bits per heavy atom. The highest BCUT2D eigenvalue weighted by Gasteiger charge is 2.38. The van der Waals surface area contributed by atoms with Crippen molar-refractivity contribution in [1.82, 2.24) is 0 Å². The molecule has 0 saturated heterocycles. The summed E-state index contributed by atoms with van der Waals surface area (Å²) in [6.45, 7) is 1.85. The van der Waals surface area contributed by atoms with Gasteiger partial charge in [0.25, 0.3) is 0 Å². The van der Waals surface area contributed by atoms with Crippen molar-refractivity contribution < 1.29 is 23.1 Å². The van der Waals surface area contributed by atoms with Gasteiger partial charge in [-0.05, 0) is 0 Å². The number of hydrogen-bond donors (Lipinski definition) is 3. The third-order valence-corrected chi connectivity index (χ3v) is 0.623. The number of amidine groups is 1. The summed E-state index contributed by atoms with van der Waals surface area (Å²) in [4.78, 5) is 8.90. The summed E-state index contributed by atoms with van der Waals surface area (Å²) in [5, 5.41) is 13.6. The zero-order chi connectivity index (χ0) is 10.4. The molecule has 0 aromatic heterocycles. The number of rotatable bonds is 1. The van der Waals surface area contributed by atoms with Crippen LogP contribution in [0.15, 0.2) is 0 Å². The smallest absolute Gasteiger partial charge is 0.475 e. The number of nitrogens with two attached hydrogens (primary N) is 1. The summed E-state index contributed by atoms with van der Waals surface area (Å²) in [6, 6.07) is 0. The molecule has 0 saturated carbocycles. The molecule has 4 nitrogen and oxygen atoms in total. The maximum Gasteiger partial charge on any atom is 0.490 e. The van der Waals surface area contributed by atoms with E-state index in [4.69, 9.17) is 21.0 Å². The van der Waals surface area contributed by atoms with Crippen molar-refractivity contribution in [2.45, 2.75) is 19.5 Å². The summed E-state index contributed by atoms with van der Waals surface area (Å²) >= 11 is 0. The molecule has 0 atom stereocenters. The Balaban J connectivity index is 0. The second-order valence-electron chi connectivity index (χ2n) is 1.68. The average molecular weight is 186 g/mol. The van der Waals surface area contributed by atoms with Gasteiger partial charge in [0.1, 0.15) is 0 Å². The number of hydrogen-bond acceptors (Lipinski definition) is 2. The van der Waals surface area contributed by atoms with Crippen LogP contribution in [0.25, 0.3) is 0 Å². The van der Waals surface area contributed by atoms with Crippen molar-refractivity contribution in [2.75, 3.05) is 0 Å². The minimum atomic E-state index is -5.08. The van der Waals surface area contributed by atoms with Gasteiger partial charge in [0, 0.05) is 6.42 Å². The molecule has 0 aromatic carbocycles. The highest BCUT2D eigenvalue weighted by atomic mass is 19.4. The molecular formula is C5H9F3N2O2. The Labute approximate surface area is 66.7 Å². The van der Waals surface area contributed by atoms with Gasteiger partial charge < -0.3 is 10.8 Å². The monoisotopic (exact) mass is 186 g/mol. The molecule has 0 aliphatic rings. The molecule has 4 N–H and O–H groups in total. The molecule has 0 aliphatic heterocycles. The van der Waals surface area contributed by atoms with Gasteiger partial charge in [0.2, 0.25) is 0 Å². The molecular weight excluding hydrogens is 177 g/mol. The lowest BCUT2D eigenvalue weighted by Crippen LogP contribution is -2.21. The largest absolute Gasteiger partial charge is 0.490 e. The molecule has 7 heteroatoms. The highest BCUT2D eigenvalue weighted by molar-refractivity contribution is 5.76. The Kier molecular flexibility index (Phi) is 5.99. The number of halogens is 3. The molecule has 0 amide bonds. The molecule has 0 radical (unpaired) electrons. The van der Waals surface area contributed by atoms with Gasteiger partial charge in [0.05, 0.1) is 5.84 Å². The molecule has 0 aromatic rings. The zero-order valence-corrected chi connectivity index (χ0v) is 6.27. The number of carboxylic acid groups (broad SMARTS) is 1. The van der Waals surface area contributed by atoms with E-state index in [0.29, 0.717) is 6.42 Å². The topological polar surface area (TPSA) is 87.2 Å². The third kappa shape index (κ3) is 11.5. The molecule has 0 rings (SSSR count). The second-order valence-corrected chi connectivity index (χ2v) is 1.68. The van der Waals surface area contributed by atoms with Crippen LogP contribution in [-0.2, 0) is 4.79 Å². The van der Waals surface area contributed by atoms with Crippen molar-refractivity contribution in [1.29, 1.82) is 5.41 Å². The van der Waals surface area contributed by atoms with Gasteiger partial charge in [-0.1, -0.05) is 6.92 Å². The van der Waals surface area contributed by atoms with Gasteiger partial charge >= 0.3 is 12.1 Å². The second kappa shape index (κ2) is 5.39. The summed E-state index contributed by atoms with van der Waals surface area (Å²) < 4.78 is 31.7.